The van der Waals surface area contributed by atoms with Gasteiger partial charge < -0.3 is 15.2 Å². The van der Waals surface area contributed by atoms with Crippen LogP contribution >= 0.6 is 0 Å². The molecule has 27 heavy (non-hydrogen) atoms. The van der Waals surface area contributed by atoms with E-state index in [-0.39, 0.29) is 18.5 Å². The average Bonchev–Trinajstić information content (AvgIpc) is 2.62. The second-order valence-electron chi connectivity index (χ2n) is 6.17. The monoisotopic (exact) mass is 375 g/mol. The first kappa shape index (κ1) is 22.6. The molecule has 6 heteroatoms. The lowest BCUT2D eigenvalue weighted by Gasteiger charge is -2.26. The fourth-order valence-electron chi connectivity index (χ4n) is 2.43. The van der Waals surface area contributed by atoms with Crippen LogP contribution in [0.4, 0.5) is 4.39 Å². The third kappa shape index (κ3) is 8.64. The zero-order chi connectivity index (χ0) is 19.9. The molecule has 1 aliphatic rings. The van der Waals surface area contributed by atoms with E-state index >= 15 is 0 Å². The summed E-state index contributed by atoms with van der Waals surface area (Å²) in [5.74, 6) is 0.587. The second-order valence-corrected chi connectivity index (χ2v) is 6.17. The zero-order valence-corrected chi connectivity index (χ0v) is 16.2. The molecule has 1 saturated carbocycles. The van der Waals surface area contributed by atoms with Gasteiger partial charge in [-0.15, -0.1) is 0 Å². The molecule has 148 valence electrons. The molecule has 0 spiro atoms. The molecule has 5 nitrogen and oxygen atoms in total. The van der Waals surface area contributed by atoms with Crippen molar-refractivity contribution < 1.29 is 13.9 Å². The third-order valence-electron chi connectivity index (χ3n) is 4.30. The van der Waals surface area contributed by atoms with Gasteiger partial charge in [0.15, 0.2) is 0 Å². The summed E-state index contributed by atoms with van der Waals surface area (Å²) in [6, 6.07) is 0. The van der Waals surface area contributed by atoms with Crippen molar-refractivity contribution in [3.05, 3.63) is 60.6 Å². The lowest BCUT2D eigenvalue weighted by molar-refractivity contribution is 0.209. The lowest BCUT2D eigenvalue weighted by Crippen LogP contribution is -2.11. The molecule has 0 amide bonds. The summed E-state index contributed by atoms with van der Waals surface area (Å²) < 4.78 is 23.7. The van der Waals surface area contributed by atoms with Gasteiger partial charge in [-0.2, -0.15) is 0 Å². The summed E-state index contributed by atoms with van der Waals surface area (Å²) in [7, 11) is 1.53. The van der Waals surface area contributed by atoms with Crippen molar-refractivity contribution >= 4 is 12.2 Å². The van der Waals surface area contributed by atoms with Gasteiger partial charge in [-0.25, -0.2) is 14.4 Å². The van der Waals surface area contributed by atoms with E-state index in [2.05, 4.69) is 29.6 Å². The molecule has 0 aliphatic heterocycles. The predicted molar refractivity (Wildman–Crippen MR) is 110 cm³/mol. The van der Waals surface area contributed by atoms with Crippen molar-refractivity contribution in [1.82, 2.24) is 0 Å². The Morgan fingerprint density at radius 1 is 1.37 bits per heavy atom. The quantitative estimate of drug-likeness (QED) is 0.251. The highest BCUT2D eigenvalue weighted by atomic mass is 19.1. The van der Waals surface area contributed by atoms with Crippen molar-refractivity contribution in [3.8, 4) is 0 Å². The van der Waals surface area contributed by atoms with Crippen LogP contribution in [0.5, 0.6) is 0 Å². The van der Waals surface area contributed by atoms with Crippen LogP contribution in [0, 0.1) is 11.8 Å². The molecular weight excluding hydrogens is 345 g/mol. The maximum absolute atomic E-state index is 13.5. The molecule has 1 fully saturated rings. The molecule has 1 aliphatic carbocycles. The van der Waals surface area contributed by atoms with Gasteiger partial charge in [0.2, 0.25) is 5.90 Å². The smallest absolute Gasteiger partial charge is 0.219 e. The highest BCUT2D eigenvalue weighted by molar-refractivity contribution is 5.92. The van der Waals surface area contributed by atoms with E-state index in [4.69, 9.17) is 15.2 Å². The van der Waals surface area contributed by atoms with Crippen LogP contribution < -0.4 is 5.73 Å². The minimum Gasteiger partial charge on any atom is -0.447 e. The first-order chi connectivity index (χ1) is 13.2. The molecule has 0 aromatic carbocycles. The van der Waals surface area contributed by atoms with Crippen LogP contribution in [-0.4, -0.2) is 32.8 Å². The fraction of sp³-hybridized carbons (Fsp3) is 0.429. The highest BCUT2D eigenvalue weighted by Gasteiger charge is 2.18. The predicted octanol–water partition coefficient (Wildman–Crippen LogP) is 4.46. The summed E-state index contributed by atoms with van der Waals surface area (Å²) in [5, 5.41) is 0. The summed E-state index contributed by atoms with van der Waals surface area (Å²) in [4.78, 5) is 7.85. The Morgan fingerprint density at radius 3 is 2.70 bits per heavy atom. The van der Waals surface area contributed by atoms with Gasteiger partial charge in [0.1, 0.15) is 19.7 Å². The Bertz CT molecular complexity index is 629. The molecular formula is C21H30FN3O2. The Hall–Kier alpha value is -2.47. The van der Waals surface area contributed by atoms with Crippen LogP contribution in [0.2, 0.25) is 0 Å². The number of ether oxygens (including phenoxy) is 2. The number of nitrogens with two attached hydrogens (primary N) is 1. The number of alkyl halides is 1. The number of hydrogen-bond acceptors (Lipinski definition) is 4. The Morgan fingerprint density at radius 2 is 2.15 bits per heavy atom. The normalized spacial score (nSPS) is 18.4. The summed E-state index contributed by atoms with van der Waals surface area (Å²) >= 11 is 0. The molecule has 0 aromatic rings. The number of rotatable bonds is 11. The minimum atomic E-state index is -0.674. The average molecular weight is 375 g/mol. The van der Waals surface area contributed by atoms with Crippen LogP contribution in [-0.2, 0) is 9.47 Å². The molecule has 2 N–H and O–H groups in total. The molecule has 0 radical (unpaired) electrons. The first-order valence-electron chi connectivity index (χ1n) is 8.98. The van der Waals surface area contributed by atoms with Crippen LogP contribution in [0.3, 0.4) is 0 Å². The van der Waals surface area contributed by atoms with Crippen molar-refractivity contribution in [3.63, 3.8) is 0 Å². The fourth-order valence-corrected chi connectivity index (χ4v) is 2.43. The van der Waals surface area contributed by atoms with E-state index in [0.717, 1.165) is 0 Å². The molecule has 0 aromatic heterocycles. The van der Waals surface area contributed by atoms with Gasteiger partial charge in [-0.1, -0.05) is 42.9 Å². The van der Waals surface area contributed by atoms with Crippen molar-refractivity contribution in [2.75, 3.05) is 20.5 Å². The maximum Gasteiger partial charge on any atom is 0.219 e. The van der Waals surface area contributed by atoms with E-state index in [1.807, 2.05) is 12.2 Å². The summed E-state index contributed by atoms with van der Waals surface area (Å²) in [6.45, 7) is 5.27. The van der Waals surface area contributed by atoms with E-state index < -0.39 is 6.67 Å². The summed E-state index contributed by atoms with van der Waals surface area (Å²) in [5.41, 5.74) is 7.29. The van der Waals surface area contributed by atoms with Gasteiger partial charge in [0, 0.05) is 18.6 Å². The number of hydrogen-bond donors (Lipinski definition) is 1. The Labute approximate surface area is 161 Å². The van der Waals surface area contributed by atoms with Gasteiger partial charge in [-0.3, -0.25) is 0 Å². The Kier molecular flexibility index (Phi) is 11.4. The largest absolute Gasteiger partial charge is 0.447 e. The van der Waals surface area contributed by atoms with E-state index in [9.17, 15) is 4.39 Å². The minimum absolute atomic E-state index is 0.196. The van der Waals surface area contributed by atoms with Crippen molar-refractivity contribution in [1.29, 1.82) is 0 Å². The summed E-state index contributed by atoms with van der Waals surface area (Å²) in [6.07, 6.45) is 16.9. The van der Waals surface area contributed by atoms with Gasteiger partial charge in [0.05, 0.1) is 6.26 Å². The number of nitrogens with zero attached hydrogens (tertiary/aromatic N) is 2. The van der Waals surface area contributed by atoms with Crippen LogP contribution in [0.15, 0.2) is 70.6 Å². The molecule has 0 saturated heterocycles. The molecule has 1 rings (SSSR count). The maximum atomic E-state index is 13.5. The third-order valence-corrected chi connectivity index (χ3v) is 4.30. The molecule has 1 unspecified atom stereocenters. The highest BCUT2D eigenvalue weighted by Crippen LogP contribution is 2.32. The van der Waals surface area contributed by atoms with E-state index in [1.165, 1.54) is 56.8 Å². The number of allylic oxidation sites excluding steroid dienone is 6. The number of halogens is 1. The Balaban J connectivity index is 2.81. The van der Waals surface area contributed by atoms with Gasteiger partial charge >= 0.3 is 0 Å². The molecule has 1 atom stereocenters. The topological polar surface area (TPSA) is 69.2 Å². The SMILES string of the molecule is C=CC(=NC=NCOC)O/C=C(\CF)C(C=C/C=C(\C)C1CCC1)/C=C/N. The van der Waals surface area contributed by atoms with Crippen LogP contribution in [0.25, 0.3) is 0 Å². The number of methoxy groups -OCH3 is 1. The number of aliphatic imine (C=N–C) groups is 2. The van der Waals surface area contributed by atoms with E-state index in [1.54, 1.807) is 6.08 Å². The molecule has 0 heterocycles. The first-order valence-corrected chi connectivity index (χ1v) is 8.98. The molecule has 0 bridgehead atoms. The standard InChI is InChI=1S/C21H30FN3O2/c1-4-21(25-15-24-16-26-3)27-14-20(13-22)19(11-12-23)10-5-7-17(2)18-8-6-9-18/h4-5,7,10-12,14-15,18-19H,1,6,8-9,13,16,23H2,2-3H3/b10-5?,12-11+,17-7+,20-14+,24-15?,25-21?. The van der Waals surface area contributed by atoms with Crippen molar-refractivity contribution in [2.24, 2.45) is 27.6 Å². The second kappa shape index (κ2) is 13.7. The van der Waals surface area contributed by atoms with Crippen molar-refractivity contribution in [2.45, 2.75) is 26.2 Å². The van der Waals surface area contributed by atoms with Gasteiger partial charge in [0.25, 0.3) is 0 Å². The van der Waals surface area contributed by atoms with Gasteiger partial charge in [-0.05, 0) is 38.0 Å². The lowest BCUT2D eigenvalue weighted by atomic mass is 9.80. The zero-order valence-electron chi connectivity index (χ0n) is 16.2. The van der Waals surface area contributed by atoms with Crippen LogP contribution in [0.1, 0.15) is 26.2 Å². The van der Waals surface area contributed by atoms with E-state index in [0.29, 0.717) is 11.5 Å².